The van der Waals surface area contributed by atoms with Gasteiger partial charge in [0.2, 0.25) is 5.76 Å². The molecule has 0 spiro atoms. The highest BCUT2D eigenvalue weighted by Crippen LogP contribution is 2.28. The van der Waals surface area contributed by atoms with Gasteiger partial charge in [-0.05, 0) is 37.3 Å². The van der Waals surface area contributed by atoms with Crippen LogP contribution in [0.2, 0.25) is 0 Å². The number of amides is 1. The number of rotatable bonds is 4. The number of aryl methyl sites for hydroxylation is 1. The molecule has 0 saturated heterocycles. The lowest BCUT2D eigenvalue weighted by atomic mass is 10.1. The standard InChI is InChI=1S/C19H13BrN2O4/c1-11-14-8-13(20)6-7-16(14)26-18(11)19(24)25-10-17(23)22-15-5-3-2-4-12(15)9-21/h2-8H,10H2,1H3,(H,22,23). The van der Waals surface area contributed by atoms with Gasteiger partial charge in [0.15, 0.2) is 6.61 Å². The lowest BCUT2D eigenvalue weighted by Gasteiger charge is -2.07. The van der Waals surface area contributed by atoms with E-state index in [2.05, 4.69) is 21.2 Å². The molecule has 1 heterocycles. The molecule has 7 heteroatoms. The molecule has 2 aromatic carbocycles. The first-order valence-electron chi connectivity index (χ1n) is 7.64. The van der Waals surface area contributed by atoms with E-state index in [9.17, 15) is 9.59 Å². The number of nitrogens with zero attached hydrogens (tertiary/aromatic N) is 1. The summed E-state index contributed by atoms with van der Waals surface area (Å²) in [6.45, 7) is 1.26. The fourth-order valence-electron chi connectivity index (χ4n) is 2.46. The molecule has 0 aliphatic rings. The maximum Gasteiger partial charge on any atom is 0.375 e. The van der Waals surface area contributed by atoms with E-state index in [-0.39, 0.29) is 5.76 Å². The third-order valence-corrected chi connectivity index (χ3v) is 4.23. The van der Waals surface area contributed by atoms with Gasteiger partial charge in [-0.25, -0.2) is 4.79 Å². The third-order valence-electron chi connectivity index (χ3n) is 3.74. The fraction of sp³-hybridized carbons (Fsp3) is 0.105. The van der Waals surface area contributed by atoms with E-state index in [1.54, 1.807) is 43.3 Å². The van der Waals surface area contributed by atoms with E-state index in [4.69, 9.17) is 14.4 Å². The lowest BCUT2D eigenvalue weighted by molar-refractivity contribution is -0.119. The Kier molecular flexibility index (Phi) is 5.05. The van der Waals surface area contributed by atoms with Gasteiger partial charge in [0.1, 0.15) is 11.7 Å². The van der Waals surface area contributed by atoms with Gasteiger partial charge >= 0.3 is 5.97 Å². The summed E-state index contributed by atoms with van der Waals surface area (Å²) < 4.78 is 11.4. The predicted molar refractivity (Wildman–Crippen MR) is 98.7 cm³/mol. The van der Waals surface area contributed by atoms with Gasteiger partial charge in [0.25, 0.3) is 5.91 Å². The first-order valence-corrected chi connectivity index (χ1v) is 8.43. The summed E-state index contributed by atoms with van der Waals surface area (Å²) in [7, 11) is 0. The molecule has 3 rings (SSSR count). The van der Waals surface area contributed by atoms with E-state index in [0.717, 1.165) is 9.86 Å². The van der Waals surface area contributed by atoms with E-state index in [1.807, 2.05) is 12.1 Å². The Morgan fingerprint density at radius 1 is 1.27 bits per heavy atom. The predicted octanol–water partition coefficient (Wildman–Crippen LogP) is 4.17. The maximum absolute atomic E-state index is 12.2. The molecule has 1 aromatic heterocycles. The molecule has 0 bridgehead atoms. The van der Waals surface area contributed by atoms with Crippen molar-refractivity contribution in [3.63, 3.8) is 0 Å². The topological polar surface area (TPSA) is 92.3 Å². The Labute approximate surface area is 157 Å². The summed E-state index contributed by atoms with van der Waals surface area (Å²) >= 11 is 3.37. The number of ether oxygens (including phenoxy) is 1. The summed E-state index contributed by atoms with van der Waals surface area (Å²) in [6, 6.07) is 13.9. The van der Waals surface area contributed by atoms with Crippen LogP contribution in [0.4, 0.5) is 5.69 Å². The van der Waals surface area contributed by atoms with Crippen molar-refractivity contribution < 1.29 is 18.7 Å². The number of carbonyl (C=O) groups is 2. The van der Waals surface area contributed by atoms with Crippen LogP contribution in [0.3, 0.4) is 0 Å². The zero-order valence-corrected chi connectivity index (χ0v) is 15.3. The smallest absolute Gasteiger partial charge is 0.375 e. The van der Waals surface area contributed by atoms with Crippen LogP contribution in [-0.2, 0) is 9.53 Å². The minimum atomic E-state index is -0.724. The molecule has 130 valence electrons. The van der Waals surface area contributed by atoms with Crippen molar-refractivity contribution in [3.8, 4) is 6.07 Å². The molecule has 26 heavy (non-hydrogen) atoms. The first kappa shape index (κ1) is 17.7. The number of fused-ring (bicyclic) bond motifs is 1. The average Bonchev–Trinajstić information content (AvgIpc) is 2.96. The van der Waals surface area contributed by atoms with Gasteiger partial charge in [-0.1, -0.05) is 28.1 Å². The minimum Gasteiger partial charge on any atom is -0.450 e. The number of para-hydroxylation sites is 1. The SMILES string of the molecule is Cc1c(C(=O)OCC(=O)Nc2ccccc2C#N)oc2ccc(Br)cc12. The molecule has 0 aliphatic heterocycles. The summed E-state index contributed by atoms with van der Waals surface area (Å²) in [6.07, 6.45) is 0. The van der Waals surface area contributed by atoms with Gasteiger partial charge in [0.05, 0.1) is 11.3 Å². The summed E-state index contributed by atoms with van der Waals surface area (Å²) in [5, 5.41) is 12.3. The maximum atomic E-state index is 12.2. The quantitative estimate of drug-likeness (QED) is 0.649. The minimum absolute atomic E-state index is 0.0586. The number of nitriles is 1. The highest BCUT2D eigenvalue weighted by atomic mass is 79.9. The normalized spacial score (nSPS) is 10.3. The molecule has 3 aromatic rings. The van der Waals surface area contributed by atoms with Gasteiger partial charge in [-0.3, -0.25) is 4.79 Å². The van der Waals surface area contributed by atoms with E-state index < -0.39 is 18.5 Å². The Balaban J connectivity index is 1.68. The van der Waals surface area contributed by atoms with Crippen LogP contribution in [0.1, 0.15) is 21.7 Å². The van der Waals surface area contributed by atoms with Crippen molar-refractivity contribution in [2.75, 3.05) is 11.9 Å². The highest BCUT2D eigenvalue weighted by molar-refractivity contribution is 9.10. The van der Waals surface area contributed by atoms with Gasteiger partial charge < -0.3 is 14.5 Å². The second-order valence-electron chi connectivity index (χ2n) is 5.48. The zero-order valence-electron chi connectivity index (χ0n) is 13.7. The van der Waals surface area contributed by atoms with Gasteiger partial charge in [0, 0.05) is 15.4 Å². The van der Waals surface area contributed by atoms with Crippen LogP contribution in [0.5, 0.6) is 0 Å². The Hall–Kier alpha value is -3.11. The van der Waals surface area contributed by atoms with Crippen molar-refractivity contribution >= 4 is 44.5 Å². The average molecular weight is 413 g/mol. The number of halogens is 1. The number of furan rings is 1. The molecular weight excluding hydrogens is 400 g/mol. The number of hydrogen-bond acceptors (Lipinski definition) is 5. The third kappa shape index (κ3) is 3.60. The number of esters is 1. The Morgan fingerprint density at radius 3 is 2.81 bits per heavy atom. The molecule has 0 radical (unpaired) electrons. The first-order chi connectivity index (χ1) is 12.5. The molecule has 0 aliphatic carbocycles. The van der Waals surface area contributed by atoms with Crippen molar-refractivity contribution in [3.05, 3.63) is 63.8 Å². The molecule has 0 atom stereocenters. The number of benzene rings is 2. The highest BCUT2D eigenvalue weighted by Gasteiger charge is 2.20. The lowest BCUT2D eigenvalue weighted by Crippen LogP contribution is -2.21. The Morgan fingerprint density at radius 2 is 2.04 bits per heavy atom. The molecule has 0 fully saturated rings. The van der Waals surface area contributed by atoms with E-state index >= 15 is 0 Å². The molecule has 0 unspecified atom stereocenters. The summed E-state index contributed by atoms with van der Waals surface area (Å²) in [4.78, 5) is 24.2. The van der Waals surface area contributed by atoms with Gasteiger partial charge in [-0.15, -0.1) is 0 Å². The summed E-state index contributed by atoms with van der Waals surface area (Å²) in [5.74, 6) is -1.21. The zero-order chi connectivity index (χ0) is 18.7. The molecular formula is C19H13BrN2O4. The van der Waals surface area contributed by atoms with Crippen LogP contribution in [-0.4, -0.2) is 18.5 Å². The number of hydrogen-bond donors (Lipinski definition) is 1. The van der Waals surface area contributed by atoms with Gasteiger partial charge in [-0.2, -0.15) is 5.26 Å². The van der Waals surface area contributed by atoms with E-state index in [0.29, 0.717) is 22.4 Å². The van der Waals surface area contributed by atoms with Crippen LogP contribution < -0.4 is 5.32 Å². The number of anilines is 1. The monoisotopic (exact) mass is 412 g/mol. The van der Waals surface area contributed by atoms with Crippen molar-refractivity contribution in [1.82, 2.24) is 0 Å². The van der Waals surface area contributed by atoms with Crippen molar-refractivity contribution in [2.24, 2.45) is 0 Å². The van der Waals surface area contributed by atoms with Crippen molar-refractivity contribution in [1.29, 1.82) is 5.26 Å². The molecule has 6 nitrogen and oxygen atoms in total. The summed E-state index contributed by atoms with van der Waals surface area (Å²) in [5.41, 5.74) is 1.89. The fourth-order valence-corrected chi connectivity index (χ4v) is 2.82. The van der Waals surface area contributed by atoms with Crippen molar-refractivity contribution in [2.45, 2.75) is 6.92 Å². The largest absolute Gasteiger partial charge is 0.450 e. The second-order valence-corrected chi connectivity index (χ2v) is 6.39. The van der Waals surface area contributed by atoms with Crippen LogP contribution in [0.15, 0.2) is 51.4 Å². The number of nitrogens with one attached hydrogen (secondary N) is 1. The Bertz CT molecular complexity index is 1050. The van der Waals surface area contributed by atoms with Crippen LogP contribution in [0, 0.1) is 18.3 Å². The van der Waals surface area contributed by atoms with E-state index in [1.165, 1.54) is 0 Å². The number of carbonyl (C=O) groups excluding carboxylic acids is 2. The molecule has 1 N–H and O–H groups in total. The molecule has 1 amide bonds. The second kappa shape index (κ2) is 7.42. The van der Waals surface area contributed by atoms with Crippen LogP contribution in [0.25, 0.3) is 11.0 Å². The van der Waals surface area contributed by atoms with Crippen LogP contribution >= 0.6 is 15.9 Å². The molecule has 0 saturated carbocycles.